The Morgan fingerprint density at radius 1 is 0.281 bits per heavy atom. The maximum Gasteiger partial charge on any atom is 0.472 e. The first-order valence-corrected chi connectivity index (χ1v) is 43.0. The van der Waals surface area contributed by atoms with Crippen LogP contribution in [0.15, 0.2) is 0 Å². The highest BCUT2D eigenvalue weighted by atomic mass is 31.2. The summed E-state index contributed by atoms with van der Waals surface area (Å²) in [6.45, 7) is 9.57. The number of ether oxygens (including phenoxy) is 4. The molecule has 0 aromatic rings. The Morgan fingerprint density at radius 2 is 0.479 bits per heavy atom. The SMILES string of the molecule is CCCCCCCCCCCCCCCCCCC(=O)OC[C@H](COP(=O)(O)OC[C@@H](O)COP(=O)(O)OC[C@@H](COC(=O)CCCCCCCCCCCC(C)C)OC(=O)CCCCCCCCCCCC(C)C)OC(=O)CCCCCCCCCCCCCCCCCC. The van der Waals surface area contributed by atoms with Crippen LogP contribution in [0.2, 0.25) is 0 Å². The van der Waals surface area contributed by atoms with Crippen molar-refractivity contribution in [2.75, 3.05) is 39.6 Å². The molecule has 19 heteroatoms. The Hall–Kier alpha value is -1.94. The van der Waals surface area contributed by atoms with Crippen molar-refractivity contribution < 1.29 is 80.2 Å². The van der Waals surface area contributed by atoms with Crippen LogP contribution in [0.5, 0.6) is 0 Å². The standard InChI is InChI=1S/C77H150O17P2/c1-7-9-11-13-15-17-19-21-23-25-27-29-35-41-47-53-59-74(79)87-65-72(93-76(81)61-55-49-43-36-30-28-26-24-22-20-18-16-14-12-10-8-2)67-91-95(83,84)89-63-71(78)64-90-96(85,86)92-68-73(94-77(82)62-56-50-44-38-32-34-40-46-52-58-70(5)6)66-88-75(80)60-54-48-42-37-31-33-39-45-51-57-69(3)4/h69-73,78H,7-68H2,1-6H3,(H,83,84)(H,85,86)/t71-,72-,73-/m1/s1. The Bertz CT molecular complexity index is 1860. The van der Waals surface area contributed by atoms with E-state index in [4.69, 9.17) is 37.0 Å². The second-order valence-electron chi connectivity index (χ2n) is 28.7. The summed E-state index contributed by atoms with van der Waals surface area (Å²) in [5.74, 6) is -0.633. The molecule has 0 aliphatic carbocycles. The zero-order valence-corrected chi connectivity index (χ0v) is 64.5. The molecule has 0 aromatic carbocycles. The predicted octanol–water partition coefficient (Wildman–Crippen LogP) is 22.7. The van der Waals surface area contributed by atoms with Gasteiger partial charge in [0.2, 0.25) is 0 Å². The molecule has 0 rings (SSSR count). The van der Waals surface area contributed by atoms with E-state index in [0.29, 0.717) is 25.7 Å². The summed E-state index contributed by atoms with van der Waals surface area (Å²) in [6, 6.07) is 0. The zero-order chi connectivity index (χ0) is 70.7. The minimum Gasteiger partial charge on any atom is -0.462 e. The molecule has 96 heavy (non-hydrogen) atoms. The van der Waals surface area contributed by atoms with Crippen molar-refractivity contribution in [1.82, 2.24) is 0 Å². The summed E-state index contributed by atoms with van der Waals surface area (Å²) in [7, 11) is -9.91. The van der Waals surface area contributed by atoms with Gasteiger partial charge in [0.05, 0.1) is 26.4 Å². The van der Waals surface area contributed by atoms with Gasteiger partial charge in [-0.15, -0.1) is 0 Å². The van der Waals surface area contributed by atoms with E-state index in [0.717, 1.165) is 102 Å². The number of aliphatic hydroxyl groups excluding tert-OH is 1. The summed E-state index contributed by atoms with van der Waals surface area (Å²) in [5, 5.41) is 10.6. The van der Waals surface area contributed by atoms with Crippen LogP contribution in [-0.2, 0) is 65.4 Å². The van der Waals surface area contributed by atoms with E-state index in [2.05, 4.69) is 41.5 Å². The summed E-state index contributed by atoms with van der Waals surface area (Å²) in [6.07, 6.45) is 56.8. The van der Waals surface area contributed by atoms with Crippen molar-refractivity contribution in [3.63, 3.8) is 0 Å². The Labute approximate surface area is 588 Å². The maximum absolute atomic E-state index is 13.1. The molecule has 0 spiro atoms. The van der Waals surface area contributed by atoms with Gasteiger partial charge in [-0.3, -0.25) is 37.3 Å². The minimum absolute atomic E-state index is 0.105. The molecule has 3 N–H and O–H groups in total. The fourth-order valence-electron chi connectivity index (χ4n) is 11.8. The highest BCUT2D eigenvalue weighted by molar-refractivity contribution is 7.47. The molecule has 0 bridgehead atoms. The quantitative estimate of drug-likeness (QED) is 0.0222. The van der Waals surface area contributed by atoms with Gasteiger partial charge in [0.25, 0.3) is 0 Å². The van der Waals surface area contributed by atoms with Gasteiger partial charge < -0.3 is 33.8 Å². The molecule has 0 saturated heterocycles. The summed E-state index contributed by atoms with van der Waals surface area (Å²) < 4.78 is 68.6. The third kappa shape index (κ3) is 70.5. The normalized spacial score (nSPS) is 14.0. The van der Waals surface area contributed by atoms with Gasteiger partial charge in [-0.2, -0.15) is 0 Å². The third-order valence-corrected chi connectivity index (χ3v) is 19.9. The molecule has 0 radical (unpaired) electrons. The first kappa shape index (κ1) is 94.1. The number of hydrogen-bond acceptors (Lipinski definition) is 15. The van der Waals surface area contributed by atoms with Gasteiger partial charge in [-0.1, -0.05) is 350 Å². The first-order valence-electron chi connectivity index (χ1n) is 40.0. The van der Waals surface area contributed by atoms with E-state index in [1.54, 1.807) is 0 Å². The van der Waals surface area contributed by atoms with Gasteiger partial charge in [0, 0.05) is 25.7 Å². The molecule has 5 atom stereocenters. The van der Waals surface area contributed by atoms with Crippen LogP contribution in [0.3, 0.4) is 0 Å². The molecular formula is C77H150O17P2. The summed E-state index contributed by atoms with van der Waals surface area (Å²) >= 11 is 0. The van der Waals surface area contributed by atoms with Gasteiger partial charge in [-0.05, 0) is 37.5 Å². The molecule has 570 valence electrons. The van der Waals surface area contributed by atoms with E-state index in [-0.39, 0.29) is 25.7 Å². The molecule has 17 nitrogen and oxygen atoms in total. The minimum atomic E-state index is -4.96. The van der Waals surface area contributed by atoms with E-state index in [1.165, 1.54) is 218 Å². The van der Waals surface area contributed by atoms with E-state index >= 15 is 0 Å². The molecule has 0 aliphatic rings. The van der Waals surface area contributed by atoms with Crippen molar-refractivity contribution in [2.24, 2.45) is 11.8 Å². The Kier molecular flexibility index (Phi) is 67.4. The van der Waals surface area contributed by atoms with Gasteiger partial charge in [-0.25, -0.2) is 9.13 Å². The number of aliphatic hydroxyl groups is 1. The van der Waals surface area contributed by atoms with Crippen LogP contribution in [0.25, 0.3) is 0 Å². The summed E-state index contributed by atoms with van der Waals surface area (Å²) in [5.41, 5.74) is 0. The Morgan fingerprint density at radius 3 is 0.708 bits per heavy atom. The monoisotopic (exact) mass is 1410 g/mol. The van der Waals surface area contributed by atoms with Crippen molar-refractivity contribution in [2.45, 2.75) is 419 Å². The molecular weight excluding hydrogens is 1260 g/mol. The number of carbonyl (C=O) groups excluding carboxylic acids is 4. The molecule has 0 aliphatic heterocycles. The number of phosphoric acid groups is 2. The van der Waals surface area contributed by atoms with Crippen LogP contribution in [0, 0.1) is 11.8 Å². The number of phosphoric ester groups is 2. The topological polar surface area (TPSA) is 237 Å². The second kappa shape index (κ2) is 68.8. The zero-order valence-electron chi connectivity index (χ0n) is 62.7. The average molecular weight is 1410 g/mol. The Balaban J connectivity index is 5.26. The molecule has 2 unspecified atom stereocenters. The van der Waals surface area contributed by atoms with Crippen molar-refractivity contribution in [3.8, 4) is 0 Å². The fourth-order valence-corrected chi connectivity index (χ4v) is 13.4. The average Bonchev–Trinajstić information content (AvgIpc) is 2.43. The highest BCUT2D eigenvalue weighted by Crippen LogP contribution is 2.45. The number of carbonyl (C=O) groups is 4. The second-order valence-corrected chi connectivity index (χ2v) is 31.6. The molecule has 0 saturated carbocycles. The van der Waals surface area contributed by atoms with Crippen LogP contribution in [-0.4, -0.2) is 96.7 Å². The fraction of sp³-hybridized carbons (Fsp3) is 0.948. The lowest BCUT2D eigenvalue weighted by molar-refractivity contribution is -0.161. The van der Waals surface area contributed by atoms with Gasteiger partial charge in [0.1, 0.15) is 19.3 Å². The summed E-state index contributed by atoms with van der Waals surface area (Å²) in [4.78, 5) is 72.9. The first-order chi connectivity index (χ1) is 46.4. The molecule has 0 aromatic heterocycles. The van der Waals surface area contributed by atoms with E-state index in [1.807, 2.05) is 0 Å². The van der Waals surface area contributed by atoms with Crippen LogP contribution < -0.4 is 0 Å². The van der Waals surface area contributed by atoms with E-state index in [9.17, 15) is 43.2 Å². The third-order valence-electron chi connectivity index (χ3n) is 18.0. The number of rotatable bonds is 76. The van der Waals surface area contributed by atoms with Crippen molar-refractivity contribution in [3.05, 3.63) is 0 Å². The van der Waals surface area contributed by atoms with Gasteiger partial charge in [0.15, 0.2) is 12.2 Å². The van der Waals surface area contributed by atoms with Crippen LogP contribution in [0.4, 0.5) is 0 Å². The van der Waals surface area contributed by atoms with E-state index < -0.39 is 97.5 Å². The predicted molar refractivity (Wildman–Crippen MR) is 391 cm³/mol. The van der Waals surface area contributed by atoms with Crippen molar-refractivity contribution in [1.29, 1.82) is 0 Å². The van der Waals surface area contributed by atoms with Crippen LogP contribution in [0.1, 0.15) is 401 Å². The van der Waals surface area contributed by atoms with Gasteiger partial charge >= 0.3 is 39.5 Å². The number of unbranched alkanes of at least 4 members (excludes halogenated alkanes) is 46. The highest BCUT2D eigenvalue weighted by Gasteiger charge is 2.30. The van der Waals surface area contributed by atoms with Crippen molar-refractivity contribution >= 4 is 39.5 Å². The lowest BCUT2D eigenvalue weighted by atomic mass is 10.0. The lowest BCUT2D eigenvalue weighted by Gasteiger charge is -2.21. The maximum atomic E-state index is 13.1. The largest absolute Gasteiger partial charge is 0.472 e. The molecule has 0 amide bonds. The lowest BCUT2D eigenvalue weighted by Crippen LogP contribution is -2.30. The molecule has 0 heterocycles. The molecule has 0 fully saturated rings. The smallest absolute Gasteiger partial charge is 0.462 e. The number of hydrogen-bond donors (Lipinski definition) is 3. The van der Waals surface area contributed by atoms with Crippen LogP contribution >= 0.6 is 15.6 Å². The number of esters is 4.